The largest absolute Gasteiger partial charge is 0.352 e. The van der Waals surface area contributed by atoms with Crippen LogP contribution in [0.4, 0.5) is 0 Å². The Morgan fingerprint density at radius 3 is 2.48 bits per heavy atom. The molecular formula is C16H26N2O2S. The molecule has 0 aliphatic rings. The topological polar surface area (TPSA) is 58.2 Å². The zero-order chi connectivity index (χ0) is 15.8. The van der Waals surface area contributed by atoms with E-state index in [1.165, 1.54) is 9.75 Å². The summed E-state index contributed by atoms with van der Waals surface area (Å²) in [6.45, 7) is 8.27. The van der Waals surface area contributed by atoms with Gasteiger partial charge in [0.05, 0.1) is 6.54 Å². The molecule has 0 spiro atoms. The van der Waals surface area contributed by atoms with Crippen LogP contribution in [0, 0.1) is 12.8 Å². The van der Waals surface area contributed by atoms with E-state index < -0.39 is 0 Å². The lowest BCUT2D eigenvalue weighted by Gasteiger charge is -2.13. The third-order valence-corrected chi connectivity index (χ3v) is 4.13. The minimum atomic E-state index is -0.131. The Kier molecular flexibility index (Phi) is 7.43. The first-order valence-corrected chi connectivity index (χ1v) is 8.30. The molecule has 118 valence electrons. The van der Waals surface area contributed by atoms with Gasteiger partial charge in [0.15, 0.2) is 0 Å². The summed E-state index contributed by atoms with van der Waals surface area (Å²) in [5.74, 6) is 0.313. The molecule has 1 aromatic rings. The summed E-state index contributed by atoms with van der Waals surface area (Å²) in [6, 6.07) is 4.25. The molecule has 21 heavy (non-hydrogen) atoms. The molecule has 2 amide bonds. The van der Waals surface area contributed by atoms with Gasteiger partial charge in [0.1, 0.15) is 0 Å². The minimum absolute atomic E-state index is 0.0552. The lowest BCUT2D eigenvalue weighted by Crippen LogP contribution is -2.41. The van der Waals surface area contributed by atoms with Crippen molar-refractivity contribution in [2.45, 2.75) is 53.0 Å². The van der Waals surface area contributed by atoms with Gasteiger partial charge in [0.25, 0.3) is 0 Å². The fourth-order valence-electron chi connectivity index (χ4n) is 1.96. The highest BCUT2D eigenvalue weighted by Gasteiger charge is 2.10. The number of nitrogens with one attached hydrogen (secondary N) is 2. The van der Waals surface area contributed by atoms with Gasteiger partial charge >= 0.3 is 0 Å². The van der Waals surface area contributed by atoms with E-state index >= 15 is 0 Å². The highest BCUT2D eigenvalue weighted by Crippen LogP contribution is 2.16. The predicted octanol–water partition coefficient (Wildman–Crippen LogP) is 2.66. The van der Waals surface area contributed by atoms with Crippen molar-refractivity contribution in [2.75, 3.05) is 6.54 Å². The lowest BCUT2D eigenvalue weighted by atomic mass is 10.1. The second-order valence-electron chi connectivity index (χ2n) is 5.89. The number of rotatable bonds is 8. The van der Waals surface area contributed by atoms with Gasteiger partial charge in [0.2, 0.25) is 11.8 Å². The molecule has 0 aliphatic heterocycles. The smallest absolute Gasteiger partial charge is 0.239 e. The van der Waals surface area contributed by atoms with E-state index in [2.05, 4.69) is 43.5 Å². The van der Waals surface area contributed by atoms with Crippen molar-refractivity contribution in [2.24, 2.45) is 5.92 Å². The summed E-state index contributed by atoms with van der Waals surface area (Å²) in [5, 5.41) is 5.57. The number of carbonyl (C=O) groups is 2. The zero-order valence-corrected chi connectivity index (χ0v) is 14.2. The number of amides is 2. The summed E-state index contributed by atoms with van der Waals surface area (Å²) >= 11 is 1.75. The van der Waals surface area contributed by atoms with Gasteiger partial charge in [-0.2, -0.15) is 0 Å². The molecule has 1 atom stereocenters. The zero-order valence-electron chi connectivity index (χ0n) is 13.4. The summed E-state index contributed by atoms with van der Waals surface area (Å²) in [6.07, 6.45) is 2.15. The fourth-order valence-corrected chi connectivity index (χ4v) is 2.98. The Morgan fingerprint density at radius 1 is 1.19 bits per heavy atom. The second kappa shape index (κ2) is 8.82. The van der Waals surface area contributed by atoms with E-state index in [0.29, 0.717) is 12.3 Å². The molecule has 1 rings (SSSR count). The van der Waals surface area contributed by atoms with Gasteiger partial charge in [-0.1, -0.05) is 13.8 Å². The lowest BCUT2D eigenvalue weighted by molar-refractivity contribution is -0.126. The van der Waals surface area contributed by atoms with Crippen molar-refractivity contribution in [1.29, 1.82) is 0 Å². The van der Waals surface area contributed by atoms with Crippen LogP contribution in [0.3, 0.4) is 0 Å². The maximum atomic E-state index is 11.8. The van der Waals surface area contributed by atoms with Crippen molar-refractivity contribution < 1.29 is 9.59 Å². The van der Waals surface area contributed by atoms with Crippen LogP contribution in [0.15, 0.2) is 12.1 Å². The summed E-state index contributed by atoms with van der Waals surface area (Å²) < 4.78 is 0. The molecule has 0 aromatic carbocycles. The molecule has 0 saturated heterocycles. The third kappa shape index (κ3) is 7.85. The molecule has 2 N–H and O–H groups in total. The average Bonchev–Trinajstić information content (AvgIpc) is 2.79. The third-order valence-electron chi connectivity index (χ3n) is 3.11. The minimum Gasteiger partial charge on any atom is -0.352 e. The molecule has 1 heterocycles. The first-order valence-electron chi connectivity index (χ1n) is 7.48. The first kappa shape index (κ1) is 17.7. The maximum absolute atomic E-state index is 11.8. The van der Waals surface area contributed by atoms with Crippen molar-refractivity contribution in [3.63, 3.8) is 0 Å². The van der Waals surface area contributed by atoms with E-state index in [1.54, 1.807) is 11.3 Å². The maximum Gasteiger partial charge on any atom is 0.239 e. The number of thiophene rings is 1. The highest BCUT2D eigenvalue weighted by atomic mass is 32.1. The fraction of sp³-hybridized carbons (Fsp3) is 0.625. The van der Waals surface area contributed by atoms with Gasteiger partial charge in [0, 0.05) is 28.6 Å². The van der Waals surface area contributed by atoms with Crippen LogP contribution in [0.5, 0.6) is 0 Å². The number of hydrogen-bond donors (Lipinski definition) is 2. The summed E-state index contributed by atoms with van der Waals surface area (Å²) in [7, 11) is 0. The van der Waals surface area contributed by atoms with Crippen LogP contribution in [0.1, 0.15) is 43.4 Å². The number of carbonyl (C=O) groups excluding carboxylic acids is 2. The van der Waals surface area contributed by atoms with Gasteiger partial charge < -0.3 is 10.6 Å². The SMILES string of the molecule is Cc1ccc(C[C@@H](C)NC(=O)CNC(=O)CCC(C)C)s1. The van der Waals surface area contributed by atoms with Crippen molar-refractivity contribution >= 4 is 23.2 Å². The van der Waals surface area contributed by atoms with Crippen LogP contribution in [-0.4, -0.2) is 24.4 Å². The molecule has 5 heteroatoms. The normalized spacial score (nSPS) is 12.2. The van der Waals surface area contributed by atoms with Crippen LogP contribution in [-0.2, 0) is 16.0 Å². The molecule has 0 saturated carbocycles. The number of hydrogen-bond acceptors (Lipinski definition) is 3. The molecule has 4 nitrogen and oxygen atoms in total. The molecule has 0 radical (unpaired) electrons. The van der Waals surface area contributed by atoms with Gasteiger partial charge in [-0.25, -0.2) is 0 Å². The van der Waals surface area contributed by atoms with Crippen LogP contribution >= 0.6 is 11.3 Å². The molecular weight excluding hydrogens is 284 g/mol. The summed E-state index contributed by atoms with van der Waals surface area (Å²) in [4.78, 5) is 25.9. The van der Waals surface area contributed by atoms with E-state index in [0.717, 1.165) is 12.8 Å². The van der Waals surface area contributed by atoms with E-state index in [1.807, 2.05) is 6.92 Å². The number of aryl methyl sites for hydroxylation is 1. The Balaban J connectivity index is 2.22. The standard InChI is InChI=1S/C16H26N2O2S/c1-11(2)5-8-15(19)17-10-16(20)18-12(3)9-14-7-6-13(4)21-14/h6-7,11-12H,5,8-10H2,1-4H3,(H,17,19)(H,18,20)/t12-/m1/s1. The van der Waals surface area contributed by atoms with Crippen molar-refractivity contribution in [3.05, 3.63) is 21.9 Å². The van der Waals surface area contributed by atoms with Crippen LogP contribution in [0.2, 0.25) is 0 Å². The average molecular weight is 310 g/mol. The Hall–Kier alpha value is -1.36. The van der Waals surface area contributed by atoms with Crippen molar-refractivity contribution in [1.82, 2.24) is 10.6 Å². The van der Waals surface area contributed by atoms with Crippen molar-refractivity contribution in [3.8, 4) is 0 Å². The second-order valence-corrected chi connectivity index (χ2v) is 7.27. The Bertz CT molecular complexity index is 469. The predicted molar refractivity (Wildman–Crippen MR) is 87.4 cm³/mol. The Labute approximate surface area is 131 Å². The van der Waals surface area contributed by atoms with Crippen LogP contribution < -0.4 is 10.6 Å². The molecule has 0 unspecified atom stereocenters. The molecule has 0 fully saturated rings. The van der Waals surface area contributed by atoms with E-state index in [9.17, 15) is 9.59 Å². The van der Waals surface area contributed by atoms with E-state index in [4.69, 9.17) is 0 Å². The Morgan fingerprint density at radius 2 is 1.90 bits per heavy atom. The molecule has 0 aliphatic carbocycles. The monoisotopic (exact) mass is 310 g/mol. The molecule has 0 bridgehead atoms. The quantitative estimate of drug-likeness (QED) is 0.775. The first-order chi connectivity index (χ1) is 9.86. The van der Waals surface area contributed by atoms with Gasteiger partial charge in [-0.15, -0.1) is 11.3 Å². The van der Waals surface area contributed by atoms with Gasteiger partial charge in [-0.05, 0) is 38.3 Å². The highest BCUT2D eigenvalue weighted by molar-refractivity contribution is 7.11. The van der Waals surface area contributed by atoms with Crippen LogP contribution in [0.25, 0.3) is 0 Å². The molecule has 1 aromatic heterocycles. The van der Waals surface area contributed by atoms with E-state index in [-0.39, 0.29) is 24.4 Å². The summed E-state index contributed by atoms with van der Waals surface area (Å²) in [5.41, 5.74) is 0. The van der Waals surface area contributed by atoms with Gasteiger partial charge in [-0.3, -0.25) is 9.59 Å².